The topological polar surface area (TPSA) is 32.3 Å². The fraction of sp³-hybridized carbons (Fsp3) is 0.923. The Hall–Kier alpha value is -0.220. The predicted octanol–water partition coefficient (Wildman–Crippen LogP) is 1.87. The number of hydrogen-bond donors (Lipinski definition) is 1. The molecule has 1 aliphatic heterocycles. The first-order valence-electron chi connectivity index (χ1n) is 6.86. The maximum atomic E-state index is 12.0. The minimum atomic E-state index is 0.364. The number of likely N-dealkylation sites (tertiary alicyclic amines) is 1. The highest BCUT2D eigenvalue weighted by Gasteiger charge is 2.25. The van der Waals surface area contributed by atoms with Crippen LogP contribution in [-0.4, -0.2) is 48.0 Å². The minimum Gasteiger partial charge on any atom is -0.342 e. The molecule has 2 atom stereocenters. The predicted molar refractivity (Wildman–Crippen MR) is 73.4 cm³/mol. The fourth-order valence-electron chi connectivity index (χ4n) is 2.78. The molecule has 1 N–H and O–H groups in total. The lowest BCUT2D eigenvalue weighted by atomic mass is 10.1. The van der Waals surface area contributed by atoms with E-state index in [4.69, 9.17) is 0 Å². The monoisotopic (exact) mass is 256 g/mol. The van der Waals surface area contributed by atoms with Gasteiger partial charge < -0.3 is 10.2 Å². The van der Waals surface area contributed by atoms with Crippen LogP contribution < -0.4 is 5.32 Å². The zero-order valence-electron chi connectivity index (χ0n) is 10.8. The van der Waals surface area contributed by atoms with Gasteiger partial charge >= 0.3 is 0 Å². The molecule has 0 bridgehead atoms. The molecule has 3 nitrogen and oxygen atoms in total. The Morgan fingerprint density at radius 3 is 2.71 bits per heavy atom. The zero-order chi connectivity index (χ0) is 12.1. The van der Waals surface area contributed by atoms with Crippen LogP contribution in [0.25, 0.3) is 0 Å². The molecule has 2 aliphatic rings. The highest BCUT2D eigenvalue weighted by atomic mass is 32.2. The molecule has 0 aromatic heterocycles. The highest BCUT2D eigenvalue weighted by Crippen LogP contribution is 2.30. The number of nitrogens with zero attached hydrogens (tertiary/aromatic N) is 1. The second-order valence-electron chi connectivity index (χ2n) is 5.17. The van der Waals surface area contributed by atoms with Crippen molar-refractivity contribution in [2.24, 2.45) is 0 Å². The Bertz CT molecular complexity index is 254. The van der Waals surface area contributed by atoms with Crippen molar-refractivity contribution in [3.63, 3.8) is 0 Å². The first-order valence-corrected chi connectivity index (χ1v) is 7.91. The summed E-state index contributed by atoms with van der Waals surface area (Å²) in [6, 6.07) is 0.678. The molecule has 1 aliphatic carbocycles. The molecule has 0 radical (unpaired) electrons. The van der Waals surface area contributed by atoms with Crippen molar-refractivity contribution < 1.29 is 4.79 Å². The molecule has 1 amide bonds. The smallest absolute Gasteiger partial charge is 0.232 e. The third-order valence-electron chi connectivity index (χ3n) is 3.94. The molecule has 1 saturated heterocycles. The zero-order valence-corrected chi connectivity index (χ0v) is 11.6. The lowest BCUT2D eigenvalue weighted by molar-refractivity contribution is -0.129. The third-order valence-corrected chi connectivity index (χ3v) is 5.26. The van der Waals surface area contributed by atoms with Gasteiger partial charge in [-0.25, -0.2) is 0 Å². The Balaban J connectivity index is 1.65. The van der Waals surface area contributed by atoms with Gasteiger partial charge in [0.15, 0.2) is 0 Å². The molecule has 0 aromatic carbocycles. The van der Waals surface area contributed by atoms with Gasteiger partial charge in [-0.2, -0.15) is 0 Å². The molecule has 17 heavy (non-hydrogen) atoms. The number of amides is 1. The van der Waals surface area contributed by atoms with Crippen molar-refractivity contribution in [2.75, 3.05) is 25.9 Å². The van der Waals surface area contributed by atoms with Crippen molar-refractivity contribution in [1.82, 2.24) is 10.2 Å². The van der Waals surface area contributed by atoms with Crippen molar-refractivity contribution in [2.45, 2.75) is 49.8 Å². The maximum absolute atomic E-state index is 12.0. The molecule has 0 spiro atoms. The van der Waals surface area contributed by atoms with Crippen LogP contribution >= 0.6 is 11.8 Å². The second kappa shape index (κ2) is 6.64. The van der Waals surface area contributed by atoms with E-state index in [1.54, 1.807) is 0 Å². The van der Waals surface area contributed by atoms with Gasteiger partial charge in [0.2, 0.25) is 5.91 Å². The van der Waals surface area contributed by atoms with Gasteiger partial charge in [0, 0.05) is 24.4 Å². The first-order chi connectivity index (χ1) is 8.29. The summed E-state index contributed by atoms with van der Waals surface area (Å²) >= 11 is 1.87. The number of carbonyl (C=O) groups is 1. The van der Waals surface area contributed by atoms with E-state index in [0.29, 0.717) is 23.0 Å². The first kappa shape index (κ1) is 13.2. The summed E-state index contributed by atoms with van der Waals surface area (Å²) in [7, 11) is 2.04. The van der Waals surface area contributed by atoms with Crippen molar-refractivity contribution >= 4 is 17.7 Å². The van der Waals surface area contributed by atoms with Gasteiger partial charge in [0.25, 0.3) is 0 Å². The molecule has 2 rings (SSSR count). The van der Waals surface area contributed by atoms with E-state index >= 15 is 0 Å². The van der Waals surface area contributed by atoms with Crippen LogP contribution in [0.4, 0.5) is 0 Å². The van der Waals surface area contributed by atoms with E-state index in [9.17, 15) is 4.79 Å². The van der Waals surface area contributed by atoms with E-state index in [0.717, 1.165) is 13.1 Å². The summed E-state index contributed by atoms with van der Waals surface area (Å²) in [5, 5.41) is 4.03. The largest absolute Gasteiger partial charge is 0.342 e. The summed E-state index contributed by atoms with van der Waals surface area (Å²) in [6.45, 7) is 1.98. The molecule has 1 heterocycles. The van der Waals surface area contributed by atoms with E-state index < -0.39 is 0 Å². The van der Waals surface area contributed by atoms with Crippen LogP contribution in [0.15, 0.2) is 0 Å². The third kappa shape index (κ3) is 3.88. The Labute approximate surface area is 109 Å². The average molecular weight is 256 g/mol. The van der Waals surface area contributed by atoms with E-state index in [2.05, 4.69) is 10.2 Å². The average Bonchev–Trinajstić information content (AvgIpc) is 2.85. The molecule has 2 unspecified atom stereocenters. The van der Waals surface area contributed by atoms with Gasteiger partial charge in [-0.3, -0.25) is 4.79 Å². The minimum absolute atomic E-state index is 0.364. The highest BCUT2D eigenvalue weighted by molar-refractivity contribution is 8.00. The molecular formula is C13H24N2OS. The van der Waals surface area contributed by atoms with Gasteiger partial charge in [0.1, 0.15) is 0 Å². The number of carbonyl (C=O) groups excluding carboxylic acids is 1. The van der Waals surface area contributed by atoms with Crippen molar-refractivity contribution in [3.8, 4) is 0 Å². The molecule has 4 heteroatoms. The lowest BCUT2D eigenvalue weighted by Crippen LogP contribution is -2.37. The van der Waals surface area contributed by atoms with Crippen molar-refractivity contribution in [3.05, 3.63) is 0 Å². The van der Waals surface area contributed by atoms with E-state index in [1.165, 1.54) is 38.5 Å². The summed E-state index contributed by atoms with van der Waals surface area (Å²) < 4.78 is 0. The van der Waals surface area contributed by atoms with Crippen LogP contribution in [-0.2, 0) is 4.79 Å². The fourth-order valence-corrected chi connectivity index (χ4v) is 4.01. The van der Waals surface area contributed by atoms with Crippen LogP contribution in [0.1, 0.15) is 38.5 Å². The van der Waals surface area contributed by atoms with Crippen LogP contribution in [0.5, 0.6) is 0 Å². The standard InChI is InChI=1S/C13H24N2OS/c1-14-11-5-6-12(9-11)17-10-13(16)15-7-3-2-4-8-15/h11-12,14H,2-10H2,1H3. The molecule has 98 valence electrons. The Morgan fingerprint density at radius 2 is 2.06 bits per heavy atom. The number of thioether (sulfide) groups is 1. The number of piperidine rings is 1. The van der Waals surface area contributed by atoms with E-state index in [1.807, 2.05) is 18.8 Å². The summed E-state index contributed by atoms with van der Waals surface area (Å²) in [5.41, 5.74) is 0. The lowest BCUT2D eigenvalue weighted by Gasteiger charge is -2.27. The Morgan fingerprint density at radius 1 is 1.29 bits per heavy atom. The molecule has 2 fully saturated rings. The normalized spacial score (nSPS) is 29.6. The summed E-state index contributed by atoms with van der Waals surface area (Å²) in [5.74, 6) is 1.06. The quantitative estimate of drug-likeness (QED) is 0.833. The summed E-state index contributed by atoms with van der Waals surface area (Å²) in [4.78, 5) is 14.1. The number of nitrogens with one attached hydrogen (secondary N) is 1. The number of rotatable bonds is 4. The summed E-state index contributed by atoms with van der Waals surface area (Å²) in [6.07, 6.45) is 7.46. The second-order valence-corrected chi connectivity index (χ2v) is 6.46. The number of hydrogen-bond acceptors (Lipinski definition) is 3. The van der Waals surface area contributed by atoms with Crippen LogP contribution in [0.3, 0.4) is 0 Å². The van der Waals surface area contributed by atoms with Gasteiger partial charge in [0.05, 0.1) is 5.75 Å². The Kier molecular flexibility index (Phi) is 5.16. The molecular weight excluding hydrogens is 232 g/mol. The molecule has 1 saturated carbocycles. The maximum Gasteiger partial charge on any atom is 0.232 e. The van der Waals surface area contributed by atoms with Crippen molar-refractivity contribution in [1.29, 1.82) is 0 Å². The van der Waals surface area contributed by atoms with Gasteiger partial charge in [-0.15, -0.1) is 11.8 Å². The van der Waals surface area contributed by atoms with Gasteiger partial charge in [-0.1, -0.05) is 0 Å². The van der Waals surface area contributed by atoms with Gasteiger partial charge in [-0.05, 0) is 45.6 Å². The van der Waals surface area contributed by atoms with Crippen LogP contribution in [0.2, 0.25) is 0 Å². The molecule has 0 aromatic rings. The van der Waals surface area contributed by atoms with Crippen LogP contribution in [0, 0.1) is 0 Å². The van der Waals surface area contributed by atoms with E-state index in [-0.39, 0.29) is 0 Å². The SMILES string of the molecule is CNC1CCC(SCC(=O)N2CCCCC2)C1.